The summed E-state index contributed by atoms with van der Waals surface area (Å²) in [6.07, 6.45) is 8.79. The molecule has 1 aromatic carbocycles. The summed E-state index contributed by atoms with van der Waals surface area (Å²) in [6, 6.07) is 8.38. The number of aromatic nitrogens is 1. The molecule has 142 valence electrons. The second-order valence-electron chi connectivity index (χ2n) is 7.59. The van der Waals surface area contributed by atoms with Crippen LogP contribution < -0.4 is 15.1 Å². The van der Waals surface area contributed by atoms with Crippen LogP contribution in [0.25, 0.3) is 0 Å². The third-order valence-electron chi connectivity index (χ3n) is 5.68. The number of aryl methyl sites for hydroxylation is 1. The third kappa shape index (κ3) is 3.92. The van der Waals surface area contributed by atoms with E-state index in [2.05, 4.69) is 38.3 Å². The van der Waals surface area contributed by atoms with Gasteiger partial charge in [0.15, 0.2) is 0 Å². The van der Waals surface area contributed by atoms with Crippen molar-refractivity contribution in [3.63, 3.8) is 0 Å². The standard InChI is InChI=1S/C22H28N4O/c1-17-9-10-23-16-18(17)15-21(27)24-22-19(25-11-2-3-12-25)7-6-8-20(22)26-13-4-5-14-26/h6-10,16H,2-5,11-15H2,1H3,(H,24,27). The predicted octanol–water partition coefficient (Wildman–Crippen LogP) is 3.77. The molecule has 1 N–H and O–H groups in total. The maximum atomic E-state index is 12.9. The average Bonchev–Trinajstić information content (AvgIpc) is 3.38. The molecule has 2 fully saturated rings. The summed E-state index contributed by atoms with van der Waals surface area (Å²) in [6.45, 7) is 6.28. The Morgan fingerprint density at radius 2 is 1.59 bits per heavy atom. The van der Waals surface area contributed by atoms with Crippen molar-refractivity contribution in [1.29, 1.82) is 0 Å². The lowest BCUT2D eigenvalue weighted by atomic mass is 10.1. The fourth-order valence-corrected chi connectivity index (χ4v) is 4.14. The molecule has 1 aromatic heterocycles. The molecule has 0 unspecified atom stereocenters. The van der Waals surface area contributed by atoms with Gasteiger partial charge in [-0.25, -0.2) is 0 Å². The number of amides is 1. The quantitative estimate of drug-likeness (QED) is 0.877. The van der Waals surface area contributed by atoms with Gasteiger partial charge in [0, 0.05) is 38.6 Å². The fraction of sp³-hybridized carbons (Fsp3) is 0.455. The second kappa shape index (κ2) is 7.99. The van der Waals surface area contributed by atoms with Crippen LogP contribution in [0.5, 0.6) is 0 Å². The lowest BCUT2D eigenvalue weighted by Gasteiger charge is -2.28. The van der Waals surface area contributed by atoms with Gasteiger partial charge in [0.1, 0.15) is 0 Å². The molecular weight excluding hydrogens is 336 g/mol. The van der Waals surface area contributed by atoms with E-state index in [-0.39, 0.29) is 5.91 Å². The third-order valence-corrected chi connectivity index (χ3v) is 5.68. The van der Waals surface area contributed by atoms with E-state index < -0.39 is 0 Å². The number of hydrogen-bond acceptors (Lipinski definition) is 4. The Morgan fingerprint density at radius 3 is 2.15 bits per heavy atom. The summed E-state index contributed by atoms with van der Waals surface area (Å²) >= 11 is 0. The molecule has 1 amide bonds. The molecule has 0 saturated carbocycles. The molecule has 5 heteroatoms. The summed E-state index contributed by atoms with van der Waals surface area (Å²) in [7, 11) is 0. The van der Waals surface area contributed by atoms with E-state index in [1.54, 1.807) is 12.4 Å². The molecule has 2 aliphatic heterocycles. The average molecular weight is 364 g/mol. The number of pyridine rings is 1. The smallest absolute Gasteiger partial charge is 0.228 e. The Hall–Kier alpha value is -2.56. The lowest BCUT2D eigenvalue weighted by Crippen LogP contribution is -2.25. The molecule has 2 aliphatic rings. The van der Waals surface area contributed by atoms with Gasteiger partial charge < -0.3 is 15.1 Å². The van der Waals surface area contributed by atoms with E-state index in [1.807, 2.05) is 13.0 Å². The van der Waals surface area contributed by atoms with Crippen molar-refractivity contribution in [2.75, 3.05) is 41.3 Å². The zero-order chi connectivity index (χ0) is 18.6. The summed E-state index contributed by atoms with van der Waals surface area (Å²) in [5.41, 5.74) is 5.39. The second-order valence-corrected chi connectivity index (χ2v) is 7.59. The van der Waals surface area contributed by atoms with Gasteiger partial charge in [-0.15, -0.1) is 0 Å². The van der Waals surface area contributed by atoms with E-state index in [0.29, 0.717) is 6.42 Å². The van der Waals surface area contributed by atoms with Crippen molar-refractivity contribution in [3.8, 4) is 0 Å². The van der Waals surface area contributed by atoms with E-state index in [9.17, 15) is 4.79 Å². The molecule has 3 heterocycles. The number of nitrogens with zero attached hydrogens (tertiary/aromatic N) is 3. The van der Waals surface area contributed by atoms with Crippen molar-refractivity contribution in [3.05, 3.63) is 47.8 Å². The Morgan fingerprint density at radius 1 is 1.00 bits per heavy atom. The van der Waals surface area contributed by atoms with Gasteiger partial charge in [0.2, 0.25) is 5.91 Å². The van der Waals surface area contributed by atoms with E-state index >= 15 is 0 Å². The number of benzene rings is 1. The molecule has 5 nitrogen and oxygen atoms in total. The highest BCUT2D eigenvalue weighted by Gasteiger charge is 2.23. The SMILES string of the molecule is Cc1ccncc1CC(=O)Nc1c(N2CCCC2)cccc1N1CCCC1. The molecule has 4 rings (SSSR count). The summed E-state index contributed by atoms with van der Waals surface area (Å²) in [5, 5.41) is 3.26. The van der Waals surface area contributed by atoms with Gasteiger partial charge in [-0.2, -0.15) is 0 Å². The molecule has 0 radical (unpaired) electrons. The maximum Gasteiger partial charge on any atom is 0.228 e. The highest BCUT2D eigenvalue weighted by molar-refractivity contribution is 6.00. The van der Waals surface area contributed by atoms with Crippen LogP contribution in [-0.2, 0) is 11.2 Å². The molecule has 2 saturated heterocycles. The zero-order valence-electron chi connectivity index (χ0n) is 16.1. The number of carbonyl (C=O) groups excluding carboxylic acids is 1. The number of hydrogen-bond donors (Lipinski definition) is 1. The molecule has 2 aromatic rings. The van der Waals surface area contributed by atoms with Gasteiger partial charge in [-0.3, -0.25) is 9.78 Å². The molecule has 0 spiro atoms. The van der Waals surface area contributed by atoms with Crippen LogP contribution in [0.15, 0.2) is 36.7 Å². The number of carbonyl (C=O) groups is 1. The summed E-state index contributed by atoms with van der Waals surface area (Å²) in [4.78, 5) is 21.9. The molecule has 0 atom stereocenters. The zero-order valence-corrected chi connectivity index (χ0v) is 16.1. The van der Waals surface area contributed by atoms with E-state index in [0.717, 1.165) is 54.4 Å². The van der Waals surface area contributed by atoms with Gasteiger partial charge in [-0.1, -0.05) is 6.07 Å². The maximum absolute atomic E-state index is 12.9. The molecule has 0 aliphatic carbocycles. The van der Waals surface area contributed by atoms with Gasteiger partial charge >= 0.3 is 0 Å². The first-order valence-corrected chi connectivity index (χ1v) is 10.0. The van der Waals surface area contributed by atoms with Crippen molar-refractivity contribution in [2.24, 2.45) is 0 Å². The Bertz CT molecular complexity index is 773. The Kier molecular flexibility index (Phi) is 5.28. The summed E-state index contributed by atoms with van der Waals surface area (Å²) in [5.74, 6) is 0.0261. The topological polar surface area (TPSA) is 48.5 Å². The summed E-state index contributed by atoms with van der Waals surface area (Å²) < 4.78 is 0. The van der Waals surface area contributed by atoms with Crippen molar-refractivity contribution in [2.45, 2.75) is 39.0 Å². The lowest BCUT2D eigenvalue weighted by molar-refractivity contribution is -0.115. The van der Waals surface area contributed by atoms with E-state index in [1.165, 1.54) is 25.7 Å². The highest BCUT2D eigenvalue weighted by Crippen LogP contribution is 2.38. The van der Waals surface area contributed by atoms with Crippen LogP contribution in [0, 0.1) is 6.92 Å². The minimum absolute atomic E-state index is 0.0261. The number of para-hydroxylation sites is 1. The minimum atomic E-state index is 0.0261. The van der Waals surface area contributed by atoms with Crippen molar-refractivity contribution < 1.29 is 4.79 Å². The number of rotatable bonds is 5. The normalized spacial score (nSPS) is 16.8. The molecular formula is C22H28N4O. The fourth-order valence-electron chi connectivity index (χ4n) is 4.14. The van der Waals surface area contributed by atoms with Crippen LogP contribution in [0.4, 0.5) is 17.1 Å². The highest BCUT2D eigenvalue weighted by atomic mass is 16.1. The van der Waals surface area contributed by atoms with Crippen LogP contribution >= 0.6 is 0 Å². The predicted molar refractivity (Wildman–Crippen MR) is 111 cm³/mol. The molecule has 0 bridgehead atoms. The van der Waals surface area contributed by atoms with Crippen LogP contribution in [0.1, 0.15) is 36.8 Å². The first kappa shape index (κ1) is 17.8. The van der Waals surface area contributed by atoms with Gasteiger partial charge in [0.05, 0.1) is 23.5 Å². The molecule has 27 heavy (non-hydrogen) atoms. The number of nitrogens with one attached hydrogen (secondary N) is 1. The van der Waals surface area contributed by atoms with Gasteiger partial charge in [0.25, 0.3) is 0 Å². The monoisotopic (exact) mass is 364 g/mol. The first-order valence-electron chi connectivity index (χ1n) is 10.0. The van der Waals surface area contributed by atoms with Gasteiger partial charge in [-0.05, 0) is 61.9 Å². The van der Waals surface area contributed by atoms with Crippen LogP contribution in [-0.4, -0.2) is 37.1 Å². The minimum Gasteiger partial charge on any atom is -0.370 e. The number of anilines is 3. The van der Waals surface area contributed by atoms with Crippen LogP contribution in [0.3, 0.4) is 0 Å². The van der Waals surface area contributed by atoms with Crippen molar-refractivity contribution in [1.82, 2.24) is 4.98 Å². The Balaban J connectivity index is 1.62. The van der Waals surface area contributed by atoms with E-state index in [4.69, 9.17) is 0 Å². The Labute approximate surface area is 161 Å². The largest absolute Gasteiger partial charge is 0.370 e. The van der Waals surface area contributed by atoms with Crippen molar-refractivity contribution >= 4 is 23.0 Å². The van der Waals surface area contributed by atoms with Crippen LogP contribution in [0.2, 0.25) is 0 Å². The first-order chi connectivity index (χ1) is 13.2.